The van der Waals surface area contributed by atoms with E-state index in [1.54, 1.807) is 44.2 Å². The smallest absolute Gasteiger partial charge is 0.0690 e. The van der Waals surface area contributed by atoms with Gasteiger partial charge in [-0.25, -0.2) is 0 Å². The van der Waals surface area contributed by atoms with E-state index in [1.807, 2.05) is 0 Å². The summed E-state index contributed by atoms with van der Waals surface area (Å²) in [5.41, 5.74) is 16.3. The van der Waals surface area contributed by atoms with E-state index in [-0.39, 0.29) is 0 Å². The lowest BCUT2D eigenvalue weighted by molar-refractivity contribution is 0.817. The Bertz CT molecular complexity index is 1210. The summed E-state index contributed by atoms with van der Waals surface area (Å²) in [4.78, 5) is 0. The van der Waals surface area contributed by atoms with Gasteiger partial charge in [0.2, 0.25) is 0 Å². The second kappa shape index (κ2) is 9.22. The highest BCUT2D eigenvalue weighted by molar-refractivity contribution is 6.96. The fourth-order valence-electron chi connectivity index (χ4n) is 7.06. The van der Waals surface area contributed by atoms with Crippen molar-refractivity contribution in [3.8, 4) is 0 Å². The zero-order valence-electron chi connectivity index (χ0n) is 24.5. The standard InChI is InChI=1S/C34H48Si/c1-19(2)25-15-27-13-23(9)33(31(27)29(17-25)21(5)6)35(11,12)34-24(10)14-28-16-26(20(3)4)18-30(22(7)8)32(28)34/h13,15-22,33H,14H2,1-12H3. The molecular weight excluding hydrogens is 436 g/mol. The van der Waals surface area contributed by atoms with E-state index in [1.165, 1.54) is 16.7 Å². The molecule has 0 aromatic heterocycles. The fraction of sp³-hybridized carbons (Fsp3) is 0.529. The number of allylic oxidation sites excluding steroid dienone is 2. The van der Waals surface area contributed by atoms with Crippen molar-refractivity contribution in [1.29, 1.82) is 0 Å². The third-order valence-electron chi connectivity index (χ3n) is 8.74. The number of hydrogen-bond donors (Lipinski definition) is 0. The van der Waals surface area contributed by atoms with Crippen molar-refractivity contribution in [3.63, 3.8) is 0 Å². The van der Waals surface area contributed by atoms with Crippen molar-refractivity contribution in [2.24, 2.45) is 0 Å². The molecule has 2 aliphatic carbocycles. The molecule has 1 atom stereocenters. The molecule has 0 fully saturated rings. The highest BCUT2D eigenvalue weighted by Crippen LogP contribution is 2.53. The lowest BCUT2D eigenvalue weighted by Gasteiger charge is -2.37. The van der Waals surface area contributed by atoms with E-state index in [9.17, 15) is 0 Å². The average Bonchev–Trinajstić information content (AvgIpc) is 3.27. The molecule has 1 heteroatoms. The van der Waals surface area contributed by atoms with Gasteiger partial charge in [0.1, 0.15) is 0 Å². The van der Waals surface area contributed by atoms with E-state index >= 15 is 0 Å². The highest BCUT2D eigenvalue weighted by atomic mass is 28.3. The van der Waals surface area contributed by atoms with E-state index in [4.69, 9.17) is 0 Å². The van der Waals surface area contributed by atoms with Crippen LogP contribution >= 0.6 is 0 Å². The van der Waals surface area contributed by atoms with Crippen molar-refractivity contribution in [2.75, 3.05) is 0 Å². The second-order valence-electron chi connectivity index (χ2n) is 13.3. The van der Waals surface area contributed by atoms with Gasteiger partial charge < -0.3 is 0 Å². The van der Waals surface area contributed by atoms with Crippen LogP contribution < -0.4 is 0 Å². The summed E-state index contributed by atoms with van der Waals surface area (Å²) < 4.78 is 0. The molecule has 2 aromatic rings. The Labute approximate surface area is 217 Å². The summed E-state index contributed by atoms with van der Waals surface area (Å²) in [5.74, 6) is 2.22. The molecular formula is C34H48Si. The van der Waals surface area contributed by atoms with Gasteiger partial charge in [0.05, 0.1) is 8.07 Å². The largest absolute Gasteiger partial charge is 0.0930 e. The van der Waals surface area contributed by atoms with Crippen LogP contribution in [0.3, 0.4) is 0 Å². The Morgan fingerprint density at radius 2 is 1.26 bits per heavy atom. The Morgan fingerprint density at radius 1 is 0.714 bits per heavy atom. The first-order chi connectivity index (χ1) is 16.2. The van der Waals surface area contributed by atoms with Gasteiger partial charge in [0.25, 0.3) is 0 Å². The summed E-state index contributed by atoms with van der Waals surface area (Å²) in [7, 11) is -1.90. The molecule has 0 saturated carbocycles. The van der Waals surface area contributed by atoms with Gasteiger partial charge in [-0.15, -0.1) is 0 Å². The SMILES string of the molecule is CC1=Cc2cc(C(C)C)cc(C(C)C)c2C1[Si](C)(C)C1=C(C)Cc2cc(C(C)C)cc(C(C)C)c21. The molecule has 0 aliphatic heterocycles. The quantitative estimate of drug-likeness (QED) is 0.358. The normalized spacial score (nSPS) is 17.8. The molecule has 0 bridgehead atoms. The number of benzene rings is 2. The van der Waals surface area contributed by atoms with Gasteiger partial charge in [0.15, 0.2) is 0 Å². The van der Waals surface area contributed by atoms with Crippen LogP contribution in [-0.4, -0.2) is 8.07 Å². The van der Waals surface area contributed by atoms with Crippen molar-refractivity contribution in [1.82, 2.24) is 0 Å². The van der Waals surface area contributed by atoms with Gasteiger partial charge in [-0.1, -0.05) is 115 Å². The van der Waals surface area contributed by atoms with Gasteiger partial charge in [-0.2, -0.15) is 0 Å². The predicted molar refractivity (Wildman–Crippen MR) is 159 cm³/mol. The first kappa shape index (κ1) is 26.2. The van der Waals surface area contributed by atoms with E-state index < -0.39 is 8.07 Å². The molecule has 2 aromatic carbocycles. The van der Waals surface area contributed by atoms with E-state index in [2.05, 4.69) is 113 Å². The molecule has 0 heterocycles. The number of fused-ring (bicyclic) bond motifs is 2. The minimum atomic E-state index is -1.90. The molecule has 0 N–H and O–H groups in total. The van der Waals surface area contributed by atoms with Crippen molar-refractivity contribution >= 4 is 19.3 Å². The lowest BCUT2D eigenvalue weighted by Crippen LogP contribution is -2.38. The maximum atomic E-state index is 2.67. The van der Waals surface area contributed by atoms with E-state index in [0.29, 0.717) is 29.2 Å². The summed E-state index contributed by atoms with van der Waals surface area (Å²) in [6.45, 7) is 29.1. The Hall–Kier alpha value is -1.86. The summed E-state index contributed by atoms with van der Waals surface area (Å²) in [6, 6.07) is 10.1. The van der Waals surface area contributed by atoms with Crippen LogP contribution in [-0.2, 0) is 6.42 Å². The highest BCUT2D eigenvalue weighted by Gasteiger charge is 2.45. The Balaban J connectivity index is 1.93. The monoisotopic (exact) mass is 484 g/mol. The first-order valence-electron chi connectivity index (χ1n) is 14.0. The molecule has 1 unspecified atom stereocenters. The van der Waals surface area contributed by atoms with Crippen LogP contribution in [0.25, 0.3) is 11.3 Å². The number of hydrogen-bond acceptors (Lipinski definition) is 0. The molecule has 35 heavy (non-hydrogen) atoms. The summed E-state index contributed by atoms with van der Waals surface area (Å²) in [5, 5.41) is 1.75. The molecule has 0 spiro atoms. The van der Waals surface area contributed by atoms with Gasteiger partial charge in [0, 0.05) is 5.54 Å². The molecule has 4 rings (SSSR count). The van der Waals surface area contributed by atoms with Crippen LogP contribution in [0.4, 0.5) is 0 Å². The third-order valence-corrected chi connectivity index (χ3v) is 12.9. The van der Waals surface area contributed by atoms with Gasteiger partial charge >= 0.3 is 0 Å². The van der Waals surface area contributed by atoms with Crippen LogP contribution in [0, 0.1) is 0 Å². The minimum absolute atomic E-state index is 0.541. The molecule has 0 saturated heterocycles. The maximum absolute atomic E-state index is 2.67. The first-order valence-corrected chi connectivity index (χ1v) is 17.1. The summed E-state index contributed by atoms with van der Waals surface area (Å²) in [6.07, 6.45) is 3.66. The molecule has 0 radical (unpaired) electrons. The predicted octanol–water partition coefficient (Wildman–Crippen LogP) is 10.5. The van der Waals surface area contributed by atoms with Crippen LogP contribution in [0.5, 0.6) is 0 Å². The fourth-order valence-corrected chi connectivity index (χ4v) is 11.8. The van der Waals surface area contributed by atoms with Crippen molar-refractivity contribution in [3.05, 3.63) is 79.9 Å². The van der Waals surface area contributed by atoms with Crippen molar-refractivity contribution in [2.45, 2.75) is 118 Å². The number of rotatable bonds is 6. The lowest BCUT2D eigenvalue weighted by atomic mass is 9.88. The van der Waals surface area contributed by atoms with Crippen LogP contribution in [0.2, 0.25) is 13.1 Å². The zero-order valence-corrected chi connectivity index (χ0v) is 25.5. The minimum Gasteiger partial charge on any atom is -0.0690 e. The second-order valence-corrected chi connectivity index (χ2v) is 17.8. The molecule has 0 nitrogen and oxygen atoms in total. The average molecular weight is 485 g/mol. The topological polar surface area (TPSA) is 0 Å². The van der Waals surface area contributed by atoms with Crippen LogP contribution in [0.15, 0.2) is 35.4 Å². The van der Waals surface area contributed by atoms with E-state index in [0.717, 1.165) is 6.42 Å². The Morgan fingerprint density at radius 3 is 1.80 bits per heavy atom. The molecule has 188 valence electrons. The van der Waals surface area contributed by atoms with Crippen molar-refractivity contribution < 1.29 is 0 Å². The molecule has 0 amide bonds. The molecule has 2 aliphatic rings. The van der Waals surface area contributed by atoms with Gasteiger partial charge in [-0.3, -0.25) is 0 Å². The summed E-state index contributed by atoms with van der Waals surface area (Å²) >= 11 is 0. The third kappa shape index (κ3) is 4.33. The maximum Gasteiger partial charge on any atom is 0.0930 e. The van der Waals surface area contributed by atoms with Gasteiger partial charge in [-0.05, 0) is 88.4 Å². The zero-order chi connectivity index (χ0) is 26.0. The Kier molecular flexibility index (Phi) is 6.90. The van der Waals surface area contributed by atoms with Crippen LogP contribution in [0.1, 0.15) is 143 Å².